The number of halogens is 1. The highest BCUT2D eigenvalue weighted by Gasteiger charge is 2.27. The molecule has 4 rings (SSSR count). The molecule has 0 spiro atoms. The second-order valence-corrected chi connectivity index (χ2v) is 10.2. The highest BCUT2D eigenvalue weighted by atomic mass is 19.1. The molecule has 0 saturated carbocycles. The SMILES string of the molecule is Cc1ccc(F)c(CC(C)C(=O)Nc2cccc(N3CCC(N4CCC(N)CC4)CC3)c2)c1C. The van der Waals surface area contributed by atoms with Gasteiger partial charge in [0.05, 0.1) is 0 Å². The van der Waals surface area contributed by atoms with Crippen molar-refractivity contribution < 1.29 is 9.18 Å². The van der Waals surface area contributed by atoms with Crippen molar-refractivity contribution in [1.82, 2.24) is 4.90 Å². The lowest BCUT2D eigenvalue weighted by Gasteiger charge is -2.42. The van der Waals surface area contributed by atoms with E-state index in [1.165, 1.54) is 6.07 Å². The molecule has 2 aromatic carbocycles. The van der Waals surface area contributed by atoms with Crippen LogP contribution in [0.25, 0.3) is 0 Å². The van der Waals surface area contributed by atoms with Crippen LogP contribution in [0.1, 0.15) is 49.3 Å². The predicted molar refractivity (Wildman–Crippen MR) is 138 cm³/mol. The van der Waals surface area contributed by atoms with Gasteiger partial charge < -0.3 is 20.9 Å². The van der Waals surface area contributed by atoms with Gasteiger partial charge in [0.2, 0.25) is 5.91 Å². The zero-order chi connectivity index (χ0) is 24.2. The van der Waals surface area contributed by atoms with Gasteiger partial charge in [0.1, 0.15) is 5.82 Å². The van der Waals surface area contributed by atoms with Gasteiger partial charge in [-0.3, -0.25) is 4.79 Å². The summed E-state index contributed by atoms with van der Waals surface area (Å²) < 4.78 is 14.4. The van der Waals surface area contributed by atoms with E-state index in [1.807, 2.05) is 32.9 Å². The summed E-state index contributed by atoms with van der Waals surface area (Å²) in [6, 6.07) is 12.4. The number of nitrogens with zero attached hydrogens (tertiary/aromatic N) is 2. The fraction of sp³-hybridized carbons (Fsp3) is 0.536. The molecule has 2 saturated heterocycles. The highest BCUT2D eigenvalue weighted by molar-refractivity contribution is 5.93. The molecule has 3 N–H and O–H groups in total. The molecular formula is C28H39FN4O. The Morgan fingerprint density at radius 1 is 1.09 bits per heavy atom. The van der Waals surface area contributed by atoms with Crippen molar-refractivity contribution in [2.45, 2.75) is 65.0 Å². The number of anilines is 2. The van der Waals surface area contributed by atoms with E-state index in [4.69, 9.17) is 5.73 Å². The van der Waals surface area contributed by atoms with E-state index >= 15 is 0 Å². The zero-order valence-electron chi connectivity index (χ0n) is 20.8. The number of benzene rings is 2. The number of carbonyl (C=O) groups is 1. The van der Waals surface area contributed by atoms with Crippen LogP contribution < -0.4 is 16.0 Å². The largest absolute Gasteiger partial charge is 0.371 e. The van der Waals surface area contributed by atoms with Crippen LogP contribution in [0.15, 0.2) is 36.4 Å². The molecule has 2 aliphatic heterocycles. The number of rotatable bonds is 6. The number of aryl methyl sites for hydroxylation is 1. The Morgan fingerprint density at radius 3 is 2.50 bits per heavy atom. The van der Waals surface area contributed by atoms with Crippen LogP contribution in [0.3, 0.4) is 0 Å². The number of likely N-dealkylation sites (tertiary alicyclic amines) is 1. The molecule has 5 nitrogen and oxygen atoms in total. The van der Waals surface area contributed by atoms with E-state index in [2.05, 4.69) is 27.2 Å². The Morgan fingerprint density at radius 2 is 1.79 bits per heavy atom. The van der Waals surface area contributed by atoms with Crippen molar-refractivity contribution in [1.29, 1.82) is 0 Å². The Bertz CT molecular complexity index is 994. The van der Waals surface area contributed by atoms with Gasteiger partial charge in [-0.15, -0.1) is 0 Å². The molecule has 0 aromatic heterocycles. The summed E-state index contributed by atoms with van der Waals surface area (Å²) in [5, 5.41) is 3.05. The van der Waals surface area contributed by atoms with Gasteiger partial charge in [-0.05, 0) is 100.0 Å². The zero-order valence-corrected chi connectivity index (χ0v) is 20.8. The molecule has 1 unspecified atom stereocenters. The lowest BCUT2D eigenvalue weighted by molar-refractivity contribution is -0.119. The van der Waals surface area contributed by atoms with Crippen LogP contribution >= 0.6 is 0 Å². The molecule has 0 bridgehead atoms. The summed E-state index contributed by atoms with van der Waals surface area (Å²) in [5.74, 6) is -0.646. The first-order valence-corrected chi connectivity index (χ1v) is 12.7. The summed E-state index contributed by atoms with van der Waals surface area (Å²) in [6.07, 6.45) is 4.92. The standard InChI is InChI=1S/C28H39FN4O/c1-19-7-8-27(29)26(21(19)3)17-20(2)28(34)31-23-5-4-6-25(18-23)33-15-11-24(12-16-33)32-13-9-22(30)10-14-32/h4-8,18,20,22,24H,9-17,30H2,1-3H3,(H,31,34). The van der Waals surface area contributed by atoms with Crippen LogP contribution in [0.4, 0.5) is 15.8 Å². The quantitative estimate of drug-likeness (QED) is 0.651. The first-order chi connectivity index (χ1) is 16.3. The van der Waals surface area contributed by atoms with Crippen molar-refractivity contribution in [2.75, 3.05) is 36.4 Å². The molecule has 2 heterocycles. The second kappa shape index (κ2) is 10.9. The molecule has 2 aliphatic rings. The molecule has 0 aliphatic carbocycles. The van der Waals surface area contributed by atoms with E-state index in [1.54, 1.807) is 6.07 Å². The molecule has 0 radical (unpaired) electrons. The summed E-state index contributed by atoms with van der Waals surface area (Å²) in [5.41, 5.74) is 10.6. The average molecular weight is 467 g/mol. The Balaban J connectivity index is 1.33. The van der Waals surface area contributed by atoms with E-state index in [9.17, 15) is 9.18 Å². The Hall–Kier alpha value is -2.44. The van der Waals surface area contributed by atoms with Crippen LogP contribution in [0.2, 0.25) is 0 Å². The number of nitrogens with two attached hydrogens (primary N) is 1. The topological polar surface area (TPSA) is 61.6 Å². The van der Waals surface area contributed by atoms with Gasteiger partial charge in [0, 0.05) is 42.5 Å². The lowest BCUT2D eigenvalue weighted by atomic mass is 9.94. The second-order valence-electron chi connectivity index (χ2n) is 10.2. The van der Waals surface area contributed by atoms with Gasteiger partial charge in [0.25, 0.3) is 0 Å². The van der Waals surface area contributed by atoms with Crippen molar-refractivity contribution in [3.63, 3.8) is 0 Å². The van der Waals surface area contributed by atoms with E-state index in [-0.39, 0.29) is 17.6 Å². The van der Waals surface area contributed by atoms with Crippen molar-refractivity contribution in [2.24, 2.45) is 11.7 Å². The third-order valence-electron chi connectivity index (χ3n) is 7.80. The number of carbonyl (C=O) groups excluding carboxylic acids is 1. The molecular weight excluding hydrogens is 427 g/mol. The van der Waals surface area contributed by atoms with Crippen LogP contribution in [-0.4, -0.2) is 49.1 Å². The minimum Gasteiger partial charge on any atom is -0.371 e. The predicted octanol–water partition coefficient (Wildman–Crippen LogP) is 4.65. The number of hydrogen-bond donors (Lipinski definition) is 2. The third-order valence-corrected chi connectivity index (χ3v) is 7.80. The Labute approximate surface area is 203 Å². The molecule has 184 valence electrons. The van der Waals surface area contributed by atoms with Crippen molar-refractivity contribution >= 4 is 17.3 Å². The Kier molecular flexibility index (Phi) is 7.89. The number of nitrogens with one attached hydrogen (secondary N) is 1. The van der Waals surface area contributed by atoms with E-state index in [0.717, 1.165) is 74.4 Å². The maximum absolute atomic E-state index is 14.4. The maximum atomic E-state index is 14.4. The molecule has 2 aromatic rings. The molecule has 1 atom stereocenters. The van der Waals surface area contributed by atoms with Crippen LogP contribution in [0.5, 0.6) is 0 Å². The summed E-state index contributed by atoms with van der Waals surface area (Å²) in [6.45, 7) is 10.0. The molecule has 6 heteroatoms. The molecule has 34 heavy (non-hydrogen) atoms. The monoisotopic (exact) mass is 466 g/mol. The maximum Gasteiger partial charge on any atom is 0.227 e. The summed E-state index contributed by atoms with van der Waals surface area (Å²) in [4.78, 5) is 17.9. The molecule has 2 fully saturated rings. The van der Waals surface area contributed by atoms with Gasteiger partial charge in [0.15, 0.2) is 0 Å². The smallest absolute Gasteiger partial charge is 0.227 e. The average Bonchev–Trinajstić information content (AvgIpc) is 2.85. The highest BCUT2D eigenvalue weighted by Crippen LogP contribution is 2.27. The van der Waals surface area contributed by atoms with Gasteiger partial charge in [-0.1, -0.05) is 19.1 Å². The first kappa shape index (κ1) is 24.7. The molecule has 1 amide bonds. The fourth-order valence-corrected chi connectivity index (χ4v) is 5.31. The normalized spacial score (nSPS) is 19.3. The number of hydrogen-bond acceptors (Lipinski definition) is 4. The van der Waals surface area contributed by atoms with Gasteiger partial charge in [-0.25, -0.2) is 4.39 Å². The van der Waals surface area contributed by atoms with Crippen LogP contribution in [-0.2, 0) is 11.2 Å². The third kappa shape index (κ3) is 5.78. The minimum absolute atomic E-state index is 0.0838. The fourth-order valence-electron chi connectivity index (χ4n) is 5.31. The van der Waals surface area contributed by atoms with Gasteiger partial charge >= 0.3 is 0 Å². The number of amides is 1. The first-order valence-electron chi connectivity index (χ1n) is 12.7. The summed E-state index contributed by atoms with van der Waals surface area (Å²) in [7, 11) is 0. The van der Waals surface area contributed by atoms with Crippen molar-refractivity contribution in [3.05, 3.63) is 58.9 Å². The van der Waals surface area contributed by atoms with Gasteiger partial charge in [-0.2, -0.15) is 0 Å². The van der Waals surface area contributed by atoms with Crippen LogP contribution in [0, 0.1) is 25.6 Å². The summed E-state index contributed by atoms with van der Waals surface area (Å²) >= 11 is 0. The number of piperidine rings is 2. The van der Waals surface area contributed by atoms with E-state index in [0.29, 0.717) is 24.1 Å². The minimum atomic E-state index is -0.327. The van der Waals surface area contributed by atoms with Crippen molar-refractivity contribution in [3.8, 4) is 0 Å². The van der Waals surface area contributed by atoms with E-state index < -0.39 is 0 Å². The lowest BCUT2D eigenvalue weighted by Crippen LogP contribution is -2.49.